The summed E-state index contributed by atoms with van der Waals surface area (Å²) in [5.41, 5.74) is -2.78. The molecule has 0 bridgehead atoms. The van der Waals surface area contributed by atoms with E-state index in [1.807, 2.05) is 0 Å². The van der Waals surface area contributed by atoms with Gasteiger partial charge in [-0.3, -0.25) is 36.4 Å². The molecule has 6 rings (SSSR count). The summed E-state index contributed by atoms with van der Waals surface area (Å²) in [4.78, 5) is 20.8. The average Bonchev–Trinajstić information content (AvgIpc) is 3.32. The highest BCUT2D eigenvalue weighted by atomic mass is 32.2. The van der Waals surface area contributed by atoms with E-state index in [0.717, 1.165) is 58.4 Å². The Morgan fingerprint density at radius 3 is 0.963 bits per heavy atom. The van der Waals surface area contributed by atoms with E-state index in [4.69, 9.17) is 0 Å². The minimum Gasteiger partial charge on any atom is -0.343 e. The molecule has 0 fully saturated rings. The van der Waals surface area contributed by atoms with Crippen LogP contribution in [0.3, 0.4) is 0 Å². The summed E-state index contributed by atoms with van der Waals surface area (Å²) in [6.45, 7) is -1.04. The molecule has 0 radical (unpaired) electrons. The fraction of sp³-hybridized carbons (Fsp3) is 0.158. The van der Waals surface area contributed by atoms with Gasteiger partial charge in [0.25, 0.3) is 80.9 Å². The molecule has 36 nitrogen and oxygen atoms in total. The third kappa shape index (κ3) is 17.6. The molecule has 444 valence electrons. The van der Waals surface area contributed by atoms with Gasteiger partial charge in [-0.25, -0.2) is 0 Å². The van der Waals surface area contributed by atoms with Gasteiger partial charge in [0.05, 0.1) is 32.7 Å². The Morgan fingerprint density at radius 2 is 0.683 bits per heavy atom. The van der Waals surface area contributed by atoms with Gasteiger partial charge < -0.3 is 31.1 Å². The van der Waals surface area contributed by atoms with Gasteiger partial charge in [0, 0.05) is 38.6 Å². The third-order valence-corrected chi connectivity index (χ3v) is 17.1. The Labute approximate surface area is 465 Å². The topological polar surface area (TPSA) is 567 Å². The van der Waals surface area contributed by atoms with Gasteiger partial charge in [-0.1, -0.05) is 24.3 Å². The highest BCUT2D eigenvalue weighted by molar-refractivity contribution is 7.87. The molecule has 0 amide bonds. The molecule has 0 unspecified atom stereocenters. The van der Waals surface area contributed by atoms with Crippen LogP contribution >= 0.6 is 0 Å². The summed E-state index contributed by atoms with van der Waals surface area (Å²) in [6, 6.07) is 9.50. The fourth-order valence-corrected chi connectivity index (χ4v) is 11.3. The minimum atomic E-state index is -5.25. The molecule has 12 N–H and O–H groups in total. The maximum absolute atomic E-state index is 12.8. The van der Waals surface area contributed by atoms with Crippen molar-refractivity contribution in [3.05, 3.63) is 83.9 Å². The SMILES string of the molecule is CN(CCS(=O)(=O)O)c1nc(Nc2ccc(C=Cc3ccc(Nc4nc(Nc5cc(S(=O)(=O)O)ccc5S(=O)(=O)O)nc(N(C)CCS(=O)(=O)O)n4)cc3S(=O)(=O)O)c(S(=O)(=O)O)c2)nc(Nc2cc(S(=O)(=O)O)ccc2S(=O)(=O)O)n1. The van der Waals surface area contributed by atoms with Gasteiger partial charge in [0.2, 0.25) is 35.7 Å². The molecular weight excluding hydrogens is 1270 g/mol. The van der Waals surface area contributed by atoms with E-state index in [0.29, 0.717) is 36.4 Å². The highest BCUT2D eigenvalue weighted by Gasteiger charge is 2.26. The molecule has 0 aliphatic rings. The average molecular weight is 1310 g/mol. The Morgan fingerprint density at radius 1 is 0.378 bits per heavy atom. The van der Waals surface area contributed by atoms with E-state index in [-0.39, 0.29) is 22.5 Å². The number of anilines is 10. The molecule has 0 spiro atoms. The molecule has 0 aliphatic heterocycles. The van der Waals surface area contributed by atoms with Crippen LogP contribution < -0.4 is 31.1 Å². The number of hydrogen-bond acceptors (Lipinski definition) is 28. The van der Waals surface area contributed by atoms with Crippen molar-refractivity contribution in [2.75, 3.05) is 69.8 Å². The summed E-state index contributed by atoms with van der Waals surface area (Å²) in [5.74, 6) is -5.26. The van der Waals surface area contributed by atoms with Crippen molar-refractivity contribution >= 4 is 152 Å². The number of aromatic nitrogens is 6. The standard InChI is InChI=1S/C38H40N12O24S8/c1-49(13-15-75(51,52)53)37-45-33(43-35(47-37)41-27-19-25(77(57,58)59)9-11-29(27)79(63,64)65)39-23-7-5-21(31(17-23)81(69,70)71)3-4-22-6-8-24(18-32(22)82(72,73)74)40-34-44-36(48-38(46-34)50(2)14-16-76(54,55)56)42-28-20-26(78(60,61)62)10-12-30(28)80(66,67)68/h3-12,17-20H,13-16H2,1-2H3,(H,51,52,53)(H,54,55,56)(H,57,58,59)(H,60,61,62)(H,63,64,65)(H,66,67,68)(H,69,70,71)(H,72,73,74)(H2,39,41,43,45,47)(H2,40,42,44,46,48). The molecule has 0 aliphatic carbocycles. The van der Waals surface area contributed by atoms with Gasteiger partial charge in [-0.05, 0) is 71.8 Å². The van der Waals surface area contributed by atoms with E-state index in [9.17, 15) is 104 Å². The Kier molecular flexibility index (Phi) is 18.3. The number of rotatable bonds is 24. The number of hydrogen-bond donors (Lipinski definition) is 12. The molecule has 0 atom stereocenters. The molecule has 0 saturated carbocycles. The van der Waals surface area contributed by atoms with Crippen molar-refractivity contribution in [3.8, 4) is 0 Å². The molecular formula is C38H40N12O24S8. The van der Waals surface area contributed by atoms with Crippen LogP contribution in [0, 0.1) is 0 Å². The maximum Gasteiger partial charge on any atom is 0.296 e. The predicted molar refractivity (Wildman–Crippen MR) is 286 cm³/mol. The largest absolute Gasteiger partial charge is 0.343 e. The zero-order chi connectivity index (χ0) is 61.3. The molecule has 44 heteroatoms. The van der Waals surface area contributed by atoms with Gasteiger partial charge in [-0.15, -0.1) is 0 Å². The van der Waals surface area contributed by atoms with Crippen LogP contribution in [0.25, 0.3) is 12.2 Å². The van der Waals surface area contributed by atoms with Crippen molar-refractivity contribution in [3.63, 3.8) is 0 Å². The van der Waals surface area contributed by atoms with E-state index in [2.05, 4.69) is 51.2 Å². The van der Waals surface area contributed by atoms with Crippen LogP contribution in [0.2, 0.25) is 0 Å². The van der Waals surface area contributed by atoms with Gasteiger partial charge in [0.15, 0.2) is 0 Å². The van der Waals surface area contributed by atoms with Gasteiger partial charge >= 0.3 is 0 Å². The number of nitrogens with one attached hydrogen (secondary N) is 4. The molecule has 82 heavy (non-hydrogen) atoms. The quantitative estimate of drug-likeness (QED) is 0.0300. The normalized spacial score (nSPS) is 13.0. The monoisotopic (exact) mass is 1300 g/mol. The second-order valence-electron chi connectivity index (χ2n) is 16.5. The lowest BCUT2D eigenvalue weighted by Gasteiger charge is -2.19. The van der Waals surface area contributed by atoms with Crippen molar-refractivity contribution in [1.82, 2.24) is 29.9 Å². The Balaban J connectivity index is 1.38. The summed E-state index contributed by atoms with van der Waals surface area (Å²) in [5, 5.41) is 9.77. The van der Waals surface area contributed by atoms with Gasteiger partial charge in [-0.2, -0.15) is 97.2 Å². The highest BCUT2D eigenvalue weighted by Crippen LogP contribution is 2.32. The van der Waals surface area contributed by atoms with E-state index >= 15 is 0 Å². The number of nitrogens with zero attached hydrogens (tertiary/aromatic N) is 8. The second kappa shape index (κ2) is 23.5. The lowest BCUT2D eigenvalue weighted by Crippen LogP contribution is -2.27. The zero-order valence-electron chi connectivity index (χ0n) is 40.9. The fourth-order valence-electron chi connectivity index (χ4n) is 6.61. The van der Waals surface area contributed by atoms with E-state index < -0.39 is 182 Å². The smallest absolute Gasteiger partial charge is 0.296 e. The first-order valence-corrected chi connectivity index (χ1v) is 33.3. The van der Waals surface area contributed by atoms with Crippen LogP contribution in [0.1, 0.15) is 11.1 Å². The minimum absolute atomic E-state index is 0.274. The van der Waals surface area contributed by atoms with Crippen LogP contribution in [-0.2, 0) is 80.9 Å². The van der Waals surface area contributed by atoms with Crippen LogP contribution in [0.4, 0.5) is 58.4 Å². The lowest BCUT2D eigenvalue weighted by molar-refractivity contribution is 0.479. The molecule has 2 heterocycles. The van der Waals surface area contributed by atoms with Gasteiger partial charge in [0.1, 0.15) is 19.6 Å². The van der Waals surface area contributed by atoms with Crippen molar-refractivity contribution in [1.29, 1.82) is 0 Å². The summed E-state index contributed by atoms with van der Waals surface area (Å²) < 4.78 is 272. The molecule has 2 aromatic heterocycles. The maximum atomic E-state index is 12.8. The first-order chi connectivity index (χ1) is 37.4. The zero-order valence-corrected chi connectivity index (χ0v) is 47.4. The Hall–Kier alpha value is -7.28. The van der Waals surface area contributed by atoms with Crippen molar-refractivity contribution < 1.29 is 104 Å². The molecule has 0 saturated heterocycles. The third-order valence-electron chi connectivity index (χ3n) is 10.4. The number of benzene rings is 4. The van der Waals surface area contributed by atoms with Crippen molar-refractivity contribution in [2.45, 2.75) is 29.4 Å². The van der Waals surface area contributed by atoms with E-state index in [1.54, 1.807) is 0 Å². The Bertz CT molecular complexity index is 4240. The van der Waals surface area contributed by atoms with E-state index in [1.165, 1.54) is 14.1 Å². The summed E-state index contributed by atoms with van der Waals surface area (Å²) in [7, 11) is -37.6. The lowest BCUT2D eigenvalue weighted by atomic mass is 10.1. The van der Waals surface area contributed by atoms with Crippen LogP contribution in [-0.4, -0.2) is 172 Å². The van der Waals surface area contributed by atoms with Crippen LogP contribution in [0.15, 0.2) is 102 Å². The molecule has 6 aromatic rings. The predicted octanol–water partition coefficient (Wildman–Crippen LogP) is 1.33. The second-order valence-corrected chi connectivity index (χ2v) is 28.0. The first kappa shape index (κ1) is 63.9. The van der Waals surface area contributed by atoms with Crippen molar-refractivity contribution in [2.24, 2.45) is 0 Å². The summed E-state index contributed by atoms with van der Waals surface area (Å²) in [6.07, 6.45) is 1.92. The first-order valence-electron chi connectivity index (χ1n) is 21.4. The van der Waals surface area contributed by atoms with Crippen LogP contribution in [0.5, 0.6) is 0 Å². The molecule has 4 aromatic carbocycles. The summed E-state index contributed by atoms with van der Waals surface area (Å²) >= 11 is 0.